The van der Waals surface area contributed by atoms with Crippen molar-refractivity contribution in [1.82, 2.24) is 4.98 Å². The number of hydrogen-bond acceptors (Lipinski definition) is 3. The number of benzene rings is 2. The lowest BCUT2D eigenvalue weighted by molar-refractivity contribution is 0.0526. The number of esters is 1. The summed E-state index contributed by atoms with van der Waals surface area (Å²) in [7, 11) is 0. The van der Waals surface area contributed by atoms with Crippen molar-refractivity contribution >= 4 is 16.9 Å². The van der Waals surface area contributed by atoms with Gasteiger partial charge in [-0.3, -0.25) is 4.98 Å². The van der Waals surface area contributed by atoms with Gasteiger partial charge in [0.15, 0.2) is 0 Å². The quantitative estimate of drug-likeness (QED) is 0.667. The number of aryl methyl sites for hydroxylation is 1. The highest BCUT2D eigenvalue weighted by molar-refractivity contribution is 6.07. The summed E-state index contributed by atoms with van der Waals surface area (Å²) in [6.07, 6.45) is 0. The third-order valence-electron chi connectivity index (χ3n) is 3.69. The molecule has 116 valence electrons. The number of pyridine rings is 1. The Hall–Kier alpha value is -2.75. The van der Waals surface area contributed by atoms with Gasteiger partial charge in [0.05, 0.1) is 23.4 Å². The second-order valence-electron chi connectivity index (χ2n) is 5.19. The zero-order chi connectivity index (χ0) is 16.4. The first kappa shape index (κ1) is 15.2. The first-order valence-electron chi connectivity index (χ1n) is 7.44. The van der Waals surface area contributed by atoms with E-state index in [0.717, 1.165) is 22.0 Å². The molecule has 0 aliphatic rings. The van der Waals surface area contributed by atoms with Crippen LogP contribution < -0.4 is 0 Å². The second-order valence-corrected chi connectivity index (χ2v) is 5.19. The summed E-state index contributed by atoms with van der Waals surface area (Å²) in [6.45, 7) is 3.83. The SMILES string of the molecule is CCOC(=O)c1c(C)nc2ccccc2c1-c1ccc(F)cc1. The molecular weight excluding hydrogens is 293 g/mol. The van der Waals surface area contributed by atoms with E-state index in [4.69, 9.17) is 4.74 Å². The van der Waals surface area contributed by atoms with Crippen molar-refractivity contribution in [2.75, 3.05) is 6.61 Å². The molecule has 0 aliphatic heterocycles. The molecule has 1 heterocycles. The first-order valence-corrected chi connectivity index (χ1v) is 7.44. The third-order valence-corrected chi connectivity index (χ3v) is 3.69. The Balaban J connectivity index is 2.36. The number of carbonyl (C=O) groups is 1. The van der Waals surface area contributed by atoms with Crippen LogP contribution in [0, 0.1) is 12.7 Å². The highest BCUT2D eigenvalue weighted by Crippen LogP contribution is 2.33. The number of halogens is 1. The maximum Gasteiger partial charge on any atom is 0.340 e. The standard InChI is InChI=1S/C19H16FNO2/c1-3-23-19(22)17-12(2)21-16-7-5-4-6-15(16)18(17)13-8-10-14(20)11-9-13/h4-11H,3H2,1-2H3. The van der Waals surface area contributed by atoms with Crippen molar-refractivity contribution in [3.05, 3.63) is 65.6 Å². The Morgan fingerprint density at radius 3 is 2.52 bits per heavy atom. The minimum Gasteiger partial charge on any atom is -0.462 e. The molecule has 0 unspecified atom stereocenters. The average molecular weight is 309 g/mol. The molecule has 0 radical (unpaired) electrons. The predicted octanol–water partition coefficient (Wildman–Crippen LogP) is 4.53. The van der Waals surface area contributed by atoms with Gasteiger partial charge < -0.3 is 4.74 Å². The van der Waals surface area contributed by atoms with Gasteiger partial charge in [-0.25, -0.2) is 9.18 Å². The molecule has 0 spiro atoms. The summed E-state index contributed by atoms with van der Waals surface area (Å²) in [4.78, 5) is 16.9. The maximum atomic E-state index is 13.3. The second kappa shape index (κ2) is 6.16. The Labute approximate surface area is 133 Å². The summed E-state index contributed by atoms with van der Waals surface area (Å²) < 4.78 is 18.5. The number of hydrogen-bond donors (Lipinski definition) is 0. The van der Waals surface area contributed by atoms with Gasteiger partial charge in [0.1, 0.15) is 5.82 Å². The molecule has 3 aromatic rings. The number of rotatable bonds is 3. The van der Waals surface area contributed by atoms with Gasteiger partial charge in [0.2, 0.25) is 0 Å². The number of fused-ring (bicyclic) bond motifs is 1. The van der Waals surface area contributed by atoms with Crippen LogP contribution in [0.5, 0.6) is 0 Å². The number of ether oxygens (including phenoxy) is 1. The summed E-state index contributed by atoms with van der Waals surface area (Å²) >= 11 is 0. The van der Waals surface area contributed by atoms with Gasteiger partial charge in [-0.05, 0) is 37.6 Å². The van der Waals surface area contributed by atoms with E-state index in [9.17, 15) is 9.18 Å². The number of aromatic nitrogens is 1. The van der Waals surface area contributed by atoms with Crippen LogP contribution in [0.25, 0.3) is 22.0 Å². The lowest BCUT2D eigenvalue weighted by Crippen LogP contribution is -2.10. The molecule has 0 fully saturated rings. The number of carbonyl (C=O) groups excluding carboxylic acids is 1. The van der Waals surface area contributed by atoms with Crippen molar-refractivity contribution in [1.29, 1.82) is 0 Å². The van der Waals surface area contributed by atoms with Crippen molar-refractivity contribution in [2.24, 2.45) is 0 Å². The molecule has 0 amide bonds. The van der Waals surface area contributed by atoms with Crippen LogP contribution in [0.3, 0.4) is 0 Å². The molecule has 0 aliphatic carbocycles. The Kier molecular flexibility index (Phi) is 4.06. The van der Waals surface area contributed by atoms with Gasteiger partial charge in [-0.1, -0.05) is 30.3 Å². The normalized spacial score (nSPS) is 10.7. The van der Waals surface area contributed by atoms with Gasteiger partial charge in [-0.2, -0.15) is 0 Å². The van der Waals surface area contributed by atoms with E-state index in [-0.39, 0.29) is 12.4 Å². The highest BCUT2D eigenvalue weighted by atomic mass is 19.1. The van der Waals surface area contributed by atoms with Gasteiger partial charge in [0.25, 0.3) is 0 Å². The van der Waals surface area contributed by atoms with Gasteiger partial charge >= 0.3 is 5.97 Å². The minimum atomic E-state index is -0.414. The zero-order valence-electron chi connectivity index (χ0n) is 13.0. The average Bonchev–Trinajstić information content (AvgIpc) is 2.54. The fourth-order valence-corrected chi connectivity index (χ4v) is 2.70. The van der Waals surface area contributed by atoms with E-state index in [1.807, 2.05) is 24.3 Å². The Bertz CT molecular complexity index is 872. The van der Waals surface area contributed by atoms with Crippen LogP contribution >= 0.6 is 0 Å². The fourth-order valence-electron chi connectivity index (χ4n) is 2.70. The molecule has 0 saturated heterocycles. The van der Waals surface area contributed by atoms with Crippen LogP contribution in [0.4, 0.5) is 4.39 Å². The summed E-state index contributed by atoms with van der Waals surface area (Å²) in [5.41, 5.74) is 3.30. The number of nitrogens with zero attached hydrogens (tertiary/aromatic N) is 1. The van der Waals surface area contributed by atoms with Crippen molar-refractivity contribution in [3.8, 4) is 11.1 Å². The smallest absolute Gasteiger partial charge is 0.340 e. The Morgan fingerprint density at radius 1 is 1.13 bits per heavy atom. The van der Waals surface area contributed by atoms with Gasteiger partial charge in [-0.15, -0.1) is 0 Å². The molecule has 23 heavy (non-hydrogen) atoms. The molecule has 2 aromatic carbocycles. The highest BCUT2D eigenvalue weighted by Gasteiger charge is 2.21. The molecule has 4 heteroatoms. The van der Waals surface area contributed by atoms with E-state index in [1.165, 1.54) is 12.1 Å². The first-order chi connectivity index (χ1) is 11.1. The van der Waals surface area contributed by atoms with Crippen molar-refractivity contribution < 1.29 is 13.9 Å². The van der Waals surface area contributed by atoms with Crippen LogP contribution in [0.2, 0.25) is 0 Å². The summed E-state index contributed by atoms with van der Waals surface area (Å²) in [5.74, 6) is -0.732. The fraction of sp³-hybridized carbons (Fsp3) is 0.158. The molecule has 3 nitrogen and oxygen atoms in total. The lowest BCUT2D eigenvalue weighted by Gasteiger charge is -2.15. The molecule has 1 aromatic heterocycles. The van der Waals surface area contributed by atoms with E-state index >= 15 is 0 Å². The predicted molar refractivity (Wildman–Crippen MR) is 87.8 cm³/mol. The van der Waals surface area contributed by atoms with Crippen LogP contribution in [0.1, 0.15) is 23.0 Å². The number of para-hydroxylation sites is 1. The molecular formula is C19H16FNO2. The molecule has 3 rings (SSSR count). The molecule has 0 N–H and O–H groups in total. The lowest BCUT2D eigenvalue weighted by atomic mass is 9.94. The van der Waals surface area contributed by atoms with Crippen LogP contribution in [-0.2, 0) is 4.74 Å². The topological polar surface area (TPSA) is 39.2 Å². The van der Waals surface area contributed by atoms with E-state index in [2.05, 4.69) is 4.98 Å². The van der Waals surface area contributed by atoms with Crippen LogP contribution in [-0.4, -0.2) is 17.6 Å². The van der Waals surface area contributed by atoms with E-state index < -0.39 is 5.97 Å². The summed E-state index contributed by atoms with van der Waals surface area (Å²) in [5, 5.41) is 0.841. The third kappa shape index (κ3) is 2.80. The van der Waals surface area contributed by atoms with Gasteiger partial charge in [0, 0.05) is 10.9 Å². The maximum absolute atomic E-state index is 13.3. The van der Waals surface area contributed by atoms with E-state index in [1.54, 1.807) is 26.0 Å². The largest absolute Gasteiger partial charge is 0.462 e. The Morgan fingerprint density at radius 2 is 1.83 bits per heavy atom. The summed E-state index contributed by atoms with van der Waals surface area (Å²) in [6, 6.07) is 13.7. The molecule has 0 bridgehead atoms. The molecule has 0 saturated carbocycles. The van der Waals surface area contributed by atoms with Crippen molar-refractivity contribution in [3.63, 3.8) is 0 Å². The monoisotopic (exact) mass is 309 g/mol. The van der Waals surface area contributed by atoms with Crippen LogP contribution in [0.15, 0.2) is 48.5 Å². The zero-order valence-corrected chi connectivity index (χ0v) is 13.0. The van der Waals surface area contributed by atoms with E-state index in [0.29, 0.717) is 11.3 Å². The van der Waals surface area contributed by atoms with Crippen molar-refractivity contribution in [2.45, 2.75) is 13.8 Å². The molecule has 0 atom stereocenters. The minimum absolute atomic E-state index is 0.286.